The number of nitrogens with zero attached hydrogens (tertiary/aromatic N) is 5. The number of rotatable bonds is 3. The van der Waals surface area contributed by atoms with Crippen LogP contribution in [-0.2, 0) is 0 Å². The van der Waals surface area contributed by atoms with Crippen molar-refractivity contribution in [1.82, 2.24) is 19.8 Å². The Balaban J connectivity index is 1.31. The lowest BCUT2D eigenvalue weighted by Crippen LogP contribution is -2.47. The van der Waals surface area contributed by atoms with E-state index in [4.69, 9.17) is 0 Å². The summed E-state index contributed by atoms with van der Waals surface area (Å²) in [5.41, 5.74) is 3.10. The molecule has 6 heteroatoms. The smallest absolute Gasteiger partial charge is 0.253 e. The summed E-state index contributed by atoms with van der Waals surface area (Å²) in [4.78, 5) is 28.1. The third-order valence-electron chi connectivity index (χ3n) is 5.97. The van der Waals surface area contributed by atoms with Crippen molar-refractivity contribution < 1.29 is 4.79 Å². The van der Waals surface area contributed by atoms with Gasteiger partial charge >= 0.3 is 0 Å². The van der Waals surface area contributed by atoms with Gasteiger partial charge < -0.3 is 9.80 Å². The third-order valence-corrected chi connectivity index (χ3v) is 5.97. The van der Waals surface area contributed by atoms with Crippen LogP contribution in [0.1, 0.15) is 35.3 Å². The monoisotopic (exact) mass is 379 g/mol. The second kappa shape index (κ2) is 8.69. The van der Waals surface area contributed by atoms with Crippen molar-refractivity contribution in [2.24, 2.45) is 0 Å². The highest BCUT2D eigenvalue weighted by atomic mass is 16.2. The highest BCUT2D eigenvalue weighted by molar-refractivity contribution is 5.94. The number of hydrogen-bond acceptors (Lipinski definition) is 5. The molecule has 6 nitrogen and oxygen atoms in total. The zero-order chi connectivity index (χ0) is 19.3. The molecule has 2 fully saturated rings. The zero-order valence-corrected chi connectivity index (χ0v) is 16.6. The summed E-state index contributed by atoms with van der Waals surface area (Å²) in [6.07, 6.45) is 8.58. The molecule has 28 heavy (non-hydrogen) atoms. The van der Waals surface area contributed by atoms with Gasteiger partial charge in [0.05, 0.1) is 0 Å². The molecule has 2 aliphatic rings. The Morgan fingerprint density at radius 2 is 1.75 bits per heavy atom. The van der Waals surface area contributed by atoms with Gasteiger partial charge in [0.2, 0.25) is 0 Å². The largest absolute Gasteiger partial charge is 0.370 e. The number of aryl methyl sites for hydroxylation is 1. The fraction of sp³-hybridized carbons (Fsp3) is 0.500. The molecular formula is C22H29N5O. The molecule has 2 aliphatic heterocycles. The summed E-state index contributed by atoms with van der Waals surface area (Å²) in [6, 6.07) is 8.49. The van der Waals surface area contributed by atoms with Gasteiger partial charge in [-0.25, -0.2) is 0 Å². The van der Waals surface area contributed by atoms with Crippen LogP contribution >= 0.6 is 0 Å². The Morgan fingerprint density at radius 1 is 0.964 bits per heavy atom. The SMILES string of the molecule is Cc1cc(N2CCCN(C3CCN(C(=O)c4ccncc4)CC3)CC2)ccn1. The molecule has 2 saturated heterocycles. The Bertz CT molecular complexity index is 789. The molecule has 2 aromatic rings. The van der Waals surface area contributed by atoms with Crippen LogP contribution in [0, 0.1) is 6.92 Å². The number of pyridine rings is 2. The van der Waals surface area contributed by atoms with E-state index >= 15 is 0 Å². The molecule has 0 spiro atoms. The Labute approximate surface area is 167 Å². The fourth-order valence-electron chi connectivity index (χ4n) is 4.40. The lowest BCUT2D eigenvalue weighted by Gasteiger charge is -2.38. The Kier molecular flexibility index (Phi) is 5.86. The van der Waals surface area contributed by atoms with Gasteiger partial charge in [-0.2, -0.15) is 0 Å². The van der Waals surface area contributed by atoms with Crippen molar-refractivity contribution in [3.05, 3.63) is 54.1 Å². The van der Waals surface area contributed by atoms with Gasteiger partial charge in [-0.05, 0) is 50.5 Å². The molecule has 1 amide bonds. The minimum Gasteiger partial charge on any atom is -0.370 e. The summed E-state index contributed by atoms with van der Waals surface area (Å²) >= 11 is 0. The molecular weight excluding hydrogens is 350 g/mol. The van der Waals surface area contributed by atoms with Gasteiger partial charge in [-0.3, -0.25) is 19.7 Å². The molecule has 0 saturated carbocycles. The molecule has 2 aromatic heterocycles. The molecule has 0 atom stereocenters. The summed E-state index contributed by atoms with van der Waals surface area (Å²) in [5, 5.41) is 0. The van der Waals surface area contributed by atoms with Gasteiger partial charge in [0, 0.05) is 80.8 Å². The number of carbonyl (C=O) groups is 1. The van der Waals surface area contributed by atoms with E-state index in [2.05, 4.69) is 38.8 Å². The van der Waals surface area contributed by atoms with E-state index in [1.807, 2.05) is 11.1 Å². The van der Waals surface area contributed by atoms with Crippen LogP contribution in [-0.4, -0.2) is 71.0 Å². The predicted molar refractivity (Wildman–Crippen MR) is 111 cm³/mol. The second-order valence-corrected chi connectivity index (χ2v) is 7.79. The van der Waals surface area contributed by atoms with E-state index in [1.54, 1.807) is 24.5 Å². The minimum absolute atomic E-state index is 0.135. The van der Waals surface area contributed by atoms with Gasteiger partial charge in [0.1, 0.15) is 0 Å². The van der Waals surface area contributed by atoms with E-state index in [-0.39, 0.29) is 5.91 Å². The number of anilines is 1. The average Bonchev–Trinajstić information content (AvgIpc) is 3.00. The average molecular weight is 380 g/mol. The Hall–Kier alpha value is -2.47. The second-order valence-electron chi connectivity index (χ2n) is 7.79. The van der Waals surface area contributed by atoms with Crippen LogP contribution in [0.4, 0.5) is 5.69 Å². The van der Waals surface area contributed by atoms with E-state index in [0.717, 1.165) is 63.4 Å². The van der Waals surface area contributed by atoms with Crippen LogP contribution < -0.4 is 4.90 Å². The van der Waals surface area contributed by atoms with Crippen LogP contribution in [0.2, 0.25) is 0 Å². The van der Waals surface area contributed by atoms with Crippen LogP contribution in [0.3, 0.4) is 0 Å². The van der Waals surface area contributed by atoms with Gasteiger partial charge in [-0.15, -0.1) is 0 Å². The lowest BCUT2D eigenvalue weighted by molar-refractivity contribution is 0.0627. The quantitative estimate of drug-likeness (QED) is 0.821. The highest BCUT2D eigenvalue weighted by Gasteiger charge is 2.28. The lowest BCUT2D eigenvalue weighted by atomic mass is 10.0. The molecule has 4 rings (SSSR count). The molecule has 0 radical (unpaired) electrons. The topological polar surface area (TPSA) is 52.6 Å². The van der Waals surface area contributed by atoms with Crippen molar-refractivity contribution in [3.8, 4) is 0 Å². The molecule has 0 unspecified atom stereocenters. The maximum atomic E-state index is 12.6. The highest BCUT2D eigenvalue weighted by Crippen LogP contribution is 2.22. The first-order valence-corrected chi connectivity index (χ1v) is 10.3. The third kappa shape index (κ3) is 4.33. The van der Waals surface area contributed by atoms with E-state index in [1.165, 1.54) is 12.1 Å². The van der Waals surface area contributed by atoms with Crippen molar-refractivity contribution in [3.63, 3.8) is 0 Å². The fourth-order valence-corrected chi connectivity index (χ4v) is 4.40. The van der Waals surface area contributed by atoms with Gasteiger partial charge in [0.25, 0.3) is 5.91 Å². The zero-order valence-electron chi connectivity index (χ0n) is 16.6. The molecule has 0 N–H and O–H groups in total. The molecule has 0 aromatic carbocycles. The predicted octanol–water partition coefficient (Wildman–Crippen LogP) is 2.60. The number of aromatic nitrogens is 2. The van der Waals surface area contributed by atoms with Crippen LogP contribution in [0.15, 0.2) is 42.9 Å². The molecule has 0 bridgehead atoms. The Morgan fingerprint density at radius 3 is 2.50 bits per heavy atom. The number of likely N-dealkylation sites (tertiary alicyclic amines) is 1. The summed E-state index contributed by atoms with van der Waals surface area (Å²) in [5.74, 6) is 0.135. The van der Waals surface area contributed by atoms with Gasteiger partial charge in [0.15, 0.2) is 0 Å². The first-order chi connectivity index (χ1) is 13.7. The van der Waals surface area contributed by atoms with E-state index in [9.17, 15) is 4.79 Å². The van der Waals surface area contributed by atoms with Crippen LogP contribution in [0.25, 0.3) is 0 Å². The number of amides is 1. The van der Waals surface area contributed by atoms with Crippen molar-refractivity contribution >= 4 is 11.6 Å². The molecule has 4 heterocycles. The first kappa shape index (κ1) is 18.9. The minimum atomic E-state index is 0.135. The van der Waals surface area contributed by atoms with Crippen molar-refractivity contribution in [2.45, 2.75) is 32.2 Å². The maximum absolute atomic E-state index is 12.6. The first-order valence-electron chi connectivity index (χ1n) is 10.3. The van der Waals surface area contributed by atoms with Crippen molar-refractivity contribution in [2.75, 3.05) is 44.2 Å². The van der Waals surface area contributed by atoms with Gasteiger partial charge in [-0.1, -0.05) is 0 Å². The number of carbonyl (C=O) groups excluding carboxylic acids is 1. The van der Waals surface area contributed by atoms with E-state index < -0.39 is 0 Å². The normalized spacial score (nSPS) is 19.5. The molecule has 148 valence electrons. The number of hydrogen-bond donors (Lipinski definition) is 0. The maximum Gasteiger partial charge on any atom is 0.253 e. The number of piperidine rings is 1. The summed E-state index contributed by atoms with van der Waals surface area (Å²) in [6.45, 7) is 8.12. The standard InChI is InChI=1S/C22H29N5O/c1-18-17-21(5-10-24-18)26-12-2-11-25(15-16-26)20-6-13-27(14-7-20)22(28)19-3-8-23-9-4-19/h3-5,8-10,17,20H,2,6-7,11-16H2,1H3. The van der Waals surface area contributed by atoms with Crippen molar-refractivity contribution in [1.29, 1.82) is 0 Å². The summed E-state index contributed by atoms with van der Waals surface area (Å²) in [7, 11) is 0. The van der Waals surface area contributed by atoms with E-state index in [0.29, 0.717) is 6.04 Å². The summed E-state index contributed by atoms with van der Waals surface area (Å²) < 4.78 is 0. The van der Waals surface area contributed by atoms with Crippen LogP contribution in [0.5, 0.6) is 0 Å². The molecule has 0 aliphatic carbocycles.